The molecule has 0 fully saturated rings. The number of pyridine rings is 1. The molecule has 0 aliphatic heterocycles. The van der Waals surface area contributed by atoms with Crippen LogP contribution in [0.5, 0.6) is 0 Å². The molecule has 3 heterocycles. The topological polar surface area (TPSA) is 22.8 Å². The zero-order chi connectivity index (χ0) is 28.8. The monoisotopic (exact) mass is 559 g/mol. The van der Waals surface area contributed by atoms with Crippen LogP contribution in [0.15, 0.2) is 152 Å². The van der Waals surface area contributed by atoms with E-state index in [1.165, 1.54) is 65.2 Å². The van der Waals surface area contributed by atoms with Gasteiger partial charge in [-0.15, -0.1) is 0 Å². The van der Waals surface area contributed by atoms with E-state index >= 15 is 0 Å². The number of nitrogens with zero attached hydrogens (tertiary/aromatic N) is 3. The summed E-state index contributed by atoms with van der Waals surface area (Å²) in [4.78, 5) is 5.01. The molecule has 10 aromatic rings. The van der Waals surface area contributed by atoms with Gasteiger partial charge in [0.1, 0.15) is 0 Å². The van der Waals surface area contributed by atoms with Crippen LogP contribution in [0.2, 0.25) is 0 Å². The first-order valence-corrected chi connectivity index (χ1v) is 15.1. The van der Waals surface area contributed by atoms with Crippen molar-refractivity contribution in [3.8, 4) is 11.4 Å². The van der Waals surface area contributed by atoms with Crippen LogP contribution in [0.3, 0.4) is 0 Å². The molecular weight excluding hydrogens is 534 g/mol. The highest BCUT2D eigenvalue weighted by atomic mass is 15.0. The van der Waals surface area contributed by atoms with Crippen LogP contribution < -0.4 is 0 Å². The Labute approximate surface area is 252 Å². The summed E-state index contributed by atoms with van der Waals surface area (Å²) in [5.74, 6) is 0. The van der Waals surface area contributed by atoms with Gasteiger partial charge in [0.15, 0.2) is 0 Å². The fourth-order valence-corrected chi connectivity index (χ4v) is 7.51. The second-order valence-electron chi connectivity index (χ2n) is 11.6. The number of rotatable bonds is 2. The molecule has 0 saturated heterocycles. The molecule has 0 bridgehead atoms. The number of benzene rings is 7. The summed E-state index contributed by atoms with van der Waals surface area (Å²) in [6, 6.07) is 52.7. The van der Waals surface area contributed by atoms with Crippen LogP contribution in [0, 0.1) is 0 Å². The predicted molar refractivity (Wildman–Crippen MR) is 185 cm³/mol. The van der Waals surface area contributed by atoms with Crippen molar-refractivity contribution < 1.29 is 0 Å². The number of hydrogen-bond donors (Lipinski definition) is 0. The minimum atomic E-state index is 1.03. The molecule has 0 aliphatic carbocycles. The molecule has 3 aromatic heterocycles. The molecule has 0 N–H and O–H groups in total. The number of hydrogen-bond acceptors (Lipinski definition) is 1. The third-order valence-corrected chi connectivity index (χ3v) is 9.30. The van der Waals surface area contributed by atoms with Crippen molar-refractivity contribution in [2.75, 3.05) is 0 Å². The molecule has 3 nitrogen and oxygen atoms in total. The molecular formula is C41H25N3. The van der Waals surface area contributed by atoms with Gasteiger partial charge < -0.3 is 9.13 Å². The van der Waals surface area contributed by atoms with E-state index in [2.05, 4.69) is 155 Å². The first kappa shape index (κ1) is 23.6. The minimum absolute atomic E-state index is 1.03. The van der Waals surface area contributed by atoms with Crippen LogP contribution >= 0.6 is 0 Å². The number of para-hydroxylation sites is 4. The van der Waals surface area contributed by atoms with E-state index < -0.39 is 0 Å². The Hall–Kier alpha value is -5.93. The lowest BCUT2D eigenvalue weighted by Gasteiger charge is -2.15. The minimum Gasteiger partial charge on any atom is -0.309 e. The third-order valence-electron chi connectivity index (χ3n) is 9.30. The molecule has 0 aliphatic rings. The first-order chi connectivity index (χ1) is 21.9. The fourth-order valence-electron chi connectivity index (χ4n) is 7.51. The summed E-state index contributed by atoms with van der Waals surface area (Å²) >= 11 is 0. The summed E-state index contributed by atoms with van der Waals surface area (Å²) in [6.45, 7) is 0. The van der Waals surface area contributed by atoms with Crippen molar-refractivity contribution in [3.05, 3.63) is 152 Å². The van der Waals surface area contributed by atoms with Gasteiger partial charge in [-0.1, -0.05) is 91.0 Å². The number of aromatic nitrogens is 3. The van der Waals surface area contributed by atoms with Gasteiger partial charge in [-0.2, -0.15) is 0 Å². The molecule has 10 rings (SSSR count). The van der Waals surface area contributed by atoms with Gasteiger partial charge in [-0.25, -0.2) is 0 Å². The van der Waals surface area contributed by atoms with E-state index in [1.54, 1.807) is 0 Å². The van der Waals surface area contributed by atoms with Crippen LogP contribution in [-0.2, 0) is 0 Å². The van der Waals surface area contributed by atoms with Crippen molar-refractivity contribution >= 4 is 76.1 Å². The summed E-state index contributed by atoms with van der Waals surface area (Å²) in [7, 11) is 0. The van der Waals surface area contributed by atoms with Crippen LogP contribution in [0.1, 0.15) is 0 Å². The molecule has 0 saturated carbocycles. The maximum atomic E-state index is 5.01. The lowest BCUT2D eigenvalue weighted by atomic mass is 9.94. The van der Waals surface area contributed by atoms with Crippen LogP contribution in [0.4, 0.5) is 0 Å². The van der Waals surface area contributed by atoms with Crippen molar-refractivity contribution in [1.29, 1.82) is 0 Å². The second-order valence-corrected chi connectivity index (χ2v) is 11.6. The summed E-state index contributed by atoms with van der Waals surface area (Å²) in [5.41, 5.74) is 8.18. The van der Waals surface area contributed by atoms with Gasteiger partial charge >= 0.3 is 0 Å². The van der Waals surface area contributed by atoms with Crippen molar-refractivity contribution in [2.24, 2.45) is 0 Å². The van der Waals surface area contributed by atoms with Crippen LogP contribution in [-0.4, -0.2) is 14.1 Å². The van der Waals surface area contributed by atoms with Gasteiger partial charge in [0, 0.05) is 55.3 Å². The Kier molecular flexibility index (Phi) is 4.72. The Morgan fingerprint density at radius 3 is 1.70 bits per heavy atom. The van der Waals surface area contributed by atoms with Gasteiger partial charge in [-0.3, -0.25) is 4.98 Å². The molecule has 0 spiro atoms. The lowest BCUT2D eigenvalue weighted by molar-refractivity contribution is 1.18. The van der Waals surface area contributed by atoms with Crippen molar-refractivity contribution in [3.63, 3.8) is 0 Å². The normalized spacial score (nSPS) is 12.1. The standard InChI is InChI=1S/C41H25N3/c1-3-12-26(13-4-1)43-36-19-9-8-17-29(36)33-24-34-35(25-38(33)43)40-31(18-11-23-42-40)30-21-22-32-28-16-7-10-20-37(28)44(41(32)39(30)34)27-14-5-2-6-15-27/h1-25H. The molecule has 0 radical (unpaired) electrons. The lowest BCUT2D eigenvalue weighted by Crippen LogP contribution is -1.96. The van der Waals surface area contributed by atoms with E-state index in [4.69, 9.17) is 4.98 Å². The molecule has 0 atom stereocenters. The number of fused-ring (bicyclic) bond motifs is 13. The van der Waals surface area contributed by atoms with Crippen LogP contribution in [0.25, 0.3) is 87.4 Å². The molecule has 44 heavy (non-hydrogen) atoms. The Morgan fingerprint density at radius 2 is 0.955 bits per heavy atom. The second kappa shape index (κ2) is 8.79. The fraction of sp³-hybridized carbons (Fsp3) is 0. The first-order valence-electron chi connectivity index (χ1n) is 15.1. The average Bonchev–Trinajstić information content (AvgIpc) is 3.61. The Balaban J connectivity index is 1.50. The highest BCUT2D eigenvalue weighted by molar-refractivity contribution is 6.34. The Bertz CT molecular complexity index is 2740. The van der Waals surface area contributed by atoms with Crippen molar-refractivity contribution in [1.82, 2.24) is 14.1 Å². The SMILES string of the molecule is c1ccc(-n2c3ccccc3c3cc4c(cc32)c2ncccc2c2ccc3c5ccccc5n(-c5ccccc5)c3c24)cc1. The largest absolute Gasteiger partial charge is 0.309 e. The van der Waals surface area contributed by atoms with Gasteiger partial charge in [0.05, 0.1) is 27.6 Å². The highest BCUT2D eigenvalue weighted by Crippen LogP contribution is 2.45. The van der Waals surface area contributed by atoms with Gasteiger partial charge in [0.2, 0.25) is 0 Å². The molecule has 0 amide bonds. The van der Waals surface area contributed by atoms with E-state index in [9.17, 15) is 0 Å². The van der Waals surface area contributed by atoms with E-state index in [0.717, 1.165) is 22.3 Å². The van der Waals surface area contributed by atoms with E-state index in [0.29, 0.717) is 0 Å². The summed E-state index contributed by atoms with van der Waals surface area (Å²) in [5, 5.41) is 11.0. The summed E-state index contributed by atoms with van der Waals surface area (Å²) < 4.78 is 4.84. The predicted octanol–water partition coefficient (Wildman–Crippen LogP) is 10.7. The zero-order valence-electron chi connectivity index (χ0n) is 23.8. The van der Waals surface area contributed by atoms with E-state index in [-0.39, 0.29) is 0 Å². The van der Waals surface area contributed by atoms with Crippen molar-refractivity contribution in [2.45, 2.75) is 0 Å². The molecule has 0 unspecified atom stereocenters. The molecule has 7 aromatic carbocycles. The average molecular weight is 560 g/mol. The molecule has 204 valence electrons. The smallest absolute Gasteiger partial charge is 0.0787 e. The maximum Gasteiger partial charge on any atom is 0.0787 e. The maximum absolute atomic E-state index is 5.01. The van der Waals surface area contributed by atoms with E-state index in [1.807, 2.05) is 6.20 Å². The summed E-state index contributed by atoms with van der Waals surface area (Å²) in [6.07, 6.45) is 1.92. The van der Waals surface area contributed by atoms with Gasteiger partial charge in [0.25, 0.3) is 0 Å². The highest BCUT2D eigenvalue weighted by Gasteiger charge is 2.21. The third kappa shape index (κ3) is 3.08. The van der Waals surface area contributed by atoms with Gasteiger partial charge in [-0.05, 0) is 65.4 Å². The zero-order valence-corrected chi connectivity index (χ0v) is 23.8. The quantitative estimate of drug-likeness (QED) is 0.193. The Morgan fingerprint density at radius 1 is 0.364 bits per heavy atom. The molecule has 3 heteroatoms.